The number of rotatable bonds is 0. The molecule has 0 bridgehead atoms. The van der Waals surface area contributed by atoms with E-state index in [1.807, 2.05) is 25.1 Å². The molecule has 2 unspecified atom stereocenters. The molecule has 2 aromatic rings. The lowest BCUT2D eigenvalue weighted by Gasteiger charge is -2.26. The molecule has 1 aromatic heterocycles. The van der Waals surface area contributed by atoms with Crippen LogP contribution in [0.2, 0.25) is 0 Å². The summed E-state index contributed by atoms with van der Waals surface area (Å²) < 4.78 is 2.45. The minimum atomic E-state index is -0.454. The number of fused-ring (bicyclic) bond motifs is 4. The third-order valence-corrected chi connectivity index (χ3v) is 4.89. The van der Waals surface area contributed by atoms with Crippen LogP contribution < -0.4 is 11.2 Å². The molecular formula is C17H15N3O3. The lowest BCUT2D eigenvalue weighted by molar-refractivity contribution is 0.0950. The normalized spacial score (nSPS) is 21.5. The predicted octanol–water partition coefficient (Wildman–Crippen LogP) is 1.13. The average Bonchev–Trinajstić information content (AvgIpc) is 2.84. The fourth-order valence-corrected chi connectivity index (χ4v) is 3.65. The number of carbonyl (C=O) groups is 1. The highest BCUT2D eigenvalue weighted by Gasteiger charge is 2.45. The van der Waals surface area contributed by atoms with Crippen LogP contribution in [0.3, 0.4) is 0 Å². The van der Waals surface area contributed by atoms with E-state index in [4.69, 9.17) is 0 Å². The molecule has 1 aromatic carbocycles. The SMILES string of the molecule is CC1c2c(n(C)c(=O)n(C)c2=O)N=C2c3ccccc3C(=O)C21. The molecule has 23 heavy (non-hydrogen) atoms. The molecule has 0 radical (unpaired) electrons. The van der Waals surface area contributed by atoms with E-state index in [-0.39, 0.29) is 17.3 Å². The molecule has 1 aliphatic heterocycles. The smallest absolute Gasteiger partial charge is 0.293 e. The number of hydrogen-bond acceptors (Lipinski definition) is 4. The maximum Gasteiger partial charge on any atom is 0.332 e. The highest BCUT2D eigenvalue weighted by atomic mass is 16.2. The predicted molar refractivity (Wildman–Crippen MR) is 85.8 cm³/mol. The van der Waals surface area contributed by atoms with Gasteiger partial charge in [-0.05, 0) is 0 Å². The largest absolute Gasteiger partial charge is 0.332 e. The van der Waals surface area contributed by atoms with E-state index in [1.54, 1.807) is 13.1 Å². The van der Waals surface area contributed by atoms with E-state index < -0.39 is 11.6 Å². The van der Waals surface area contributed by atoms with E-state index in [0.717, 1.165) is 10.1 Å². The number of nitrogens with zero attached hydrogens (tertiary/aromatic N) is 3. The molecule has 0 spiro atoms. The van der Waals surface area contributed by atoms with Gasteiger partial charge in [-0.1, -0.05) is 31.2 Å². The lowest BCUT2D eigenvalue weighted by Crippen LogP contribution is -2.42. The average molecular weight is 309 g/mol. The van der Waals surface area contributed by atoms with E-state index in [0.29, 0.717) is 22.7 Å². The van der Waals surface area contributed by atoms with Crippen LogP contribution in [0.25, 0.3) is 0 Å². The molecule has 0 saturated carbocycles. The van der Waals surface area contributed by atoms with E-state index in [9.17, 15) is 14.4 Å². The molecule has 116 valence electrons. The minimum Gasteiger partial charge on any atom is -0.293 e. The molecule has 2 aliphatic rings. The maximum atomic E-state index is 12.7. The van der Waals surface area contributed by atoms with Gasteiger partial charge in [-0.2, -0.15) is 0 Å². The van der Waals surface area contributed by atoms with Crippen LogP contribution in [0.1, 0.15) is 34.3 Å². The highest BCUT2D eigenvalue weighted by Crippen LogP contribution is 2.42. The van der Waals surface area contributed by atoms with Gasteiger partial charge in [0, 0.05) is 31.1 Å². The number of aliphatic imine (C=N–C) groups is 1. The van der Waals surface area contributed by atoms with Gasteiger partial charge in [0.25, 0.3) is 5.56 Å². The highest BCUT2D eigenvalue weighted by molar-refractivity contribution is 6.29. The van der Waals surface area contributed by atoms with Crippen LogP contribution in [0.15, 0.2) is 38.8 Å². The molecule has 4 rings (SSSR count). The second-order valence-corrected chi connectivity index (χ2v) is 6.12. The molecule has 0 N–H and O–H groups in total. The Labute approximate surface area is 131 Å². The first kappa shape index (κ1) is 13.9. The van der Waals surface area contributed by atoms with Crippen LogP contribution in [-0.2, 0) is 14.1 Å². The lowest BCUT2D eigenvalue weighted by atomic mass is 9.82. The second kappa shape index (κ2) is 4.38. The summed E-state index contributed by atoms with van der Waals surface area (Å²) in [5, 5.41) is 0. The van der Waals surface area contributed by atoms with Gasteiger partial charge in [0.2, 0.25) is 0 Å². The summed E-state index contributed by atoms with van der Waals surface area (Å²) in [6, 6.07) is 7.33. The van der Waals surface area contributed by atoms with Crippen LogP contribution >= 0.6 is 0 Å². The number of hydrogen-bond donors (Lipinski definition) is 0. The zero-order chi connectivity index (χ0) is 16.5. The van der Waals surface area contributed by atoms with Gasteiger partial charge in [-0.3, -0.25) is 18.7 Å². The first-order chi connectivity index (χ1) is 10.9. The molecule has 0 saturated heterocycles. The van der Waals surface area contributed by atoms with Crippen LogP contribution in [0.4, 0.5) is 5.82 Å². The molecule has 6 heteroatoms. The zero-order valence-electron chi connectivity index (χ0n) is 13.0. The van der Waals surface area contributed by atoms with Crippen molar-refractivity contribution in [2.75, 3.05) is 0 Å². The maximum absolute atomic E-state index is 12.7. The van der Waals surface area contributed by atoms with Gasteiger partial charge in [0.1, 0.15) is 5.82 Å². The Morgan fingerprint density at radius 2 is 1.65 bits per heavy atom. The van der Waals surface area contributed by atoms with Crippen molar-refractivity contribution >= 4 is 17.3 Å². The molecule has 2 atom stereocenters. The summed E-state index contributed by atoms with van der Waals surface area (Å²) in [7, 11) is 3.04. The zero-order valence-corrected chi connectivity index (χ0v) is 13.0. The summed E-state index contributed by atoms with van der Waals surface area (Å²) in [5.41, 5.74) is 1.74. The standard InChI is InChI=1S/C17H15N3O3/c1-8-11-13(9-6-4-5-7-10(9)14(11)21)18-15-12(8)16(22)20(3)17(23)19(15)2/h4-8,11H,1-3H3. The molecule has 2 heterocycles. The molecular weight excluding hydrogens is 294 g/mol. The molecule has 0 amide bonds. The van der Waals surface area contributed by atoms with Gasteiger partial charge < -0.3 is 0 Å². The van der Waals surface area contributed by atoms with Crippen LogP contribution in [0, 0.1) is 5.92 Å². The van der Waals surface area contributed by atoms with Gasteiger partial charge in [0.15, 0.2) is 5.78 Å². The van der Waals surface area contributed by atoms with Crippen LogP contribution in [-0.4, -0.2) is 20.6 Å². The van der Waals surface area contributed by atoms with Crippen molar-refractivity contribution in [2.24, 2.45) is 25.0 Å². The van der Waals surface area contributed by atoms with Crippen molar-refractivity contribution in [1.29, 1.82) is 0 Å². The number of ketones is 1. The van der Waals surface area contributed by atoms with E-state index >= 15 is 0 Å². The van der Waals surface area contributed by atoms with Crippen molar-refractivity contribution in [1.82, 2.24) is 9.13 Å². The monoisotopic (exact) mass is 309 g/mol. The van der Waals surface area contributed by atoms with Crippen LogP contribution in [0.5, 0.6) is 0 Å². The van der Waals surface area contributed by atoms with E-state index in [2.05, 4.69) is 4.99 Å². The van der Waals surface area contributed by atoms with Gasteiger partial charge >= 0.3 is 5.69 Å². The Balaban J connectivity index is 2.11. The Hall–Kier alpha value is -2.76. The minimum absolute atomic E-state index is 0.00611. The fourth-order valence-electron chi connectivity index (χ4n) is 3.65. The summed E-state index contributed by atoms with van der Waals surface area (Å²) in [6.07, 6.45) is 0. The summed E-state index contributed by atoms with van der Waals surface area (Å²) in [5.74, 6) is -0.414. The number of aromatic nitrogens is 2. The summed E-state index contributed by atoms with van der Waals surface area (Å²) >= 11 is 0. The van der Waals surface area contributed by atoms with Crippen molar-refractivity contribution in [3.63, 3.8) is 0 Å². The third-order valence-electron chi connectivity index (χ3n) is 4.89. The number of benzene rings is 1. The number of carbonyl (C=O) groups excluding carboxylic acids is 1. The Morgan fingerprint density at radius 1 is 1.00 bits per heavy atom. The second-order valence-electron chi connectivity index (χ2n) is 6.12. The first-order valence-corrected chi connectivity index (χ1v) is 7.45. The first-order valence-electron chi connectivity index (χ1n) is 7.45. The molecule has 6 nitrogen and oxygen atoms in total. The number of Topliss-reactive ketones (excluding diaryl/α,β-unsaturated/α-hetero) is 1. The Morgan fingerprint density at radius 3 is 2.35 bits per heavy atom. The molecule has 1 aliphatic carbocycles. The molecule has 0 fully saturated rings. The van der Waals surface area contributed by atoms with Gasteiger partial charge in [0.05, 0.1) is 17.2 Å². The summed E-state index contributed by atoms with van der Waals surface area (Å²) in [6.45, 7) is 1.85. The van der Waals surface area contributed by atoms with Crippen molar-refractivity contribution in [3.8, 4) is 0 Å². The third kappa shape index (κ3) is 1.58. The van der Waals surface area contributed by atoms with Gasteiger partial charge in [-0.15, -0.1) is 0 Å². The van der Waals surface area contributed by atoms with Crippen molar-refractivity contribution < 1.29 is 4.79 Å². The van der Waals surface area contributed by atoms with Gasteiger partial charge in [-0.25, -0.2) is 9.79 Å². The Kier molecular flexibility index (Phi) is 2.64. The quantitative estimate of drug-likeness (QED) is 0.732. The topological polar surface area (TPSA) is 73.4 Å². The summed E-state index contributed by atoms with van der Waals surface area (Å²) in [4.78, 5) is 42.0. The fraction of sp³-hybridized carbons (Fsp3) is 0.294. The Bertz CT molecular complexity index is 1030. The van der Waals surface area contributed by atoms with E-state index in [1.165, 1.54) is 11.6 Å². The van der Waals surface area contributed by atoms with Crippen molar-refractivity contribution in [2.45, 2.75) is 12.8 Å². The van der Waals surface area contributed by atoms with Crippen molar-refractivity contribution in [3.05, 3.63) is 61.8 Å².